The van der Waals surface area contributed by atoms with Gasteiger partial charge in [0.25, 0.3) is 0 Å². The molecule has 1 heterocycles. The lowest BCUT2D eigenvalue weighted by atomic mass is 10.0. The van der Waals surface area contributed by atoms with Gasteiger partial charge < -0.3 is 14.9 Å². The van der Waals surface area contributed by atoms with E-state index in [0.717, 1.165) is 29.2 Å². The van der Waals surface area contributed by atoms with E-state index < -0.39 is 30.9 Å². The van der Waals surface area contributed by atoms with Crippen LogP contribution in [0.4, 0.5) is 42.5 Å². The third-order valence-corrected chi connectivity index (χ3v) is 5.07. The van der Waals surface area contributed by atoms with Gasteiger partial charge in [-0.15, -0.1) is 13.2 Å². The van der Waals surface area contributed by atoms with Crippen LogP contribution in [-0.2, 0) is 6.42 Å². The maximum Gasteiger partial charge on any atom is 0.493 e. The summed E-state index contributed by atoms with van der Waals surface area (Å²) in [5, 5.41) is 9.08. The smallest absolute Gasteiger partial charge is 0.478 e. The zero-order valence-corrected chi connectivity index (χ0v) is 17.0. The first-order chi connectivity index (χ1) is 15.4. The molecule has 12 heteroatoms. The van der Waals surface area contributed by atoms with Crippen LogP contribution in [0.3, 0.4) is 0 Å². The Morgan fingerprint density at radius 3 is 2.03 bits per heavy atom. The summed E-state index contributed by atoms with van der Waals surface area (Å²) in [5.74, 6) is -1.38. The Kier molecular flexibility index (Phi) is 6.75. The van der Waals surface area contributed by atoms with E-state index in [1.54, 1.807) is 0 Å². The third kappa shape index (κ3) is 5.88. The van der Waals surface area contributed by atoms with Crippen molar-refractivity contribution in [3.05, 3.63) is 59.7 Å². The van der Waals surface area contributed by atoms with E-state index in [1.165, 1.54) is 29.2 Å². The summed E-state index contributed by atoms with van der Waals surface area (Å²) in [6.45, 7) is -0.373. The van der Waals surface area contributed by atoms with Crippen LogP contribution in [0.1, 0.15) is 15.9 Å². The Morgan fingerprint density at radius 1 is 0.909 bits per heavy atom. The van der Waals surface area contributed by atoms with E-state index in [2.05, 4.69) is 0 Å². The first kappa shape index (κ1) is 24.2. The number of halogens is 6. The third-order valence-electron chi connectivity index (χ3n) is 5.07. The van der Waals surface area contributed by atoms with Crippen LogP contribution in [0, 0.1) is 0 Å². The van der Waals surface area contributed by atoms with Crippen molar-refractivity contribution in [1.29, 1.82) is 0 Å². The van der Waals surface area contributed by atoms with Gasteiger partial charge in [0.05, 0.1) is 17.7 Å². The number of carboxylic acid groups (broad SMARTS) is 1. The van der Waals surface area contributed by atoms with Gasteiger partial charge in [0.2, 0.25) is 0 Å². The lowest BCUT2D eigenvalue weighted by molar-refractivity contribution is -0.127. The van der Waals surface area contributed by atoms with Gasteiger partial charge in [-0.25, -0.2) is 14.5 Å². The van der Waals surface area contributed by atoms with Crippen molar-refractivity contribution in [2.45, 2.75) is 18.9 Å². The lowest BCUT2D eigenvalue weighted by Gasteiger charge is -2.39. The highest BCUT2D eigenvalue weighted by atomic mass is 19.4. The van der Waals surface area contributed by atoms with Gasteiger partial charge in [-0.1, -0.05) is 18.2 Å². The van der Waals surface area contributed by atoms with Crippen LogP contribution in [0.5, 0.6) is 0 Å². The van der Waals surface area contributed by atoms with Gasteiger partial charge in [-0.3, -0.25) is 0 Å². The Morgan fingerprint density at radius 2 is 1.52 bits per heavy atom. The first-order valence-electron chi connectivity index (χ1n) is 9.75. The van der Waals surface area contributed by atoms with Crippen molar-refractivity contribution in [3.63, 3.8) is 0 Å². The molecule has 3 rings (SSSR count). The number of hydrogen-bond donors (Lipinski definition) is 1. The molecular formula is C21H19F6N3O3. The van der Waals surface area contributed by atoms with Gasteiger partial charge >= 0.3 is 24.5 Å². The van der Waals surface area contributed by atoms with Crippen LogP contribution >= 0.6 is 0 Å². The predicted molar refractivity (Wildman–Crippen MR) is 107 cm³/mol. The molecule has 0 saturated carbocycles. The number of amides is 2. The second kappa shape index (κ2) is 9.20. The highest BCUT2D eigenvalue weighted by Gasteiger charge is 2.44. The lowest BCUT2D eigenvalue weighted by Crippen LogP contribution is -2.56. The molecule has 178 valence electrons. The van der Waals surface area contributed by atoms with Crippen molar-refractivity contribution in [3.8, 4) is 0 Å². The highest BCUT2D eigenvalue weighted by Crippen LogP contribution is 2.32. The summed E-state index contributed by atoms with van der Waals surface area (Å²) < 4.78 is 79.8. The van der Waals surface area contributed by atoms with Gasteiger partial charge in [-0.2, -0.15) is 13.2 Å². The Hall–Kier alpha value is -3.44. The molecule has 1 aliphatic rings. The van der Waals surface area contributed by atoms with Gasteiger partial charge in [0, 0.05) is 31.9 Å². The van der Waals surface area contributed by atoms with Gasteiger partial charge in [0.1, 0.15) is 0 Å². The van der Waals surface area contributed by atoms with Crippen molar-refractivity contribution in [1.82, 2.24) is 4.90 Å². The molecule has 0 bridgehead atoms. The number of carbonyl (C=O) groups excluding carboxylic acids is 1. The molecular weight excluding hydrogens is 456 g/mol. The van der Waals surface area contributed by atoms with Crippen LogP contribution < -0.4 is 9.80 Å². The fourth-order valence-electron chi connectivity index (χ4n) is 3.61. The minimum Gasteiger partial charge on any atom is -0.478 e. The number of urea groups is 1. The van der Waals surface area contributed by atoms with Crippen LogP contribution in [0.25, 0.3) is 0 Å². The number of nitrogens with zero attached hydrogens (tertiary/aromatic N) is 3. The fourth-order valence-corrected chi connectivity index (χ4v) is 3.61. The van der Waals surface area contributed by atoms with Gasteiger partial charge in [0.15, 0.2) is 0 Å². The van der Waals surface area contributed by atoms with E-state index in [0.29, 0.717) is 0 Å². The standard InChI is InChI=1S/C21H19F6N3O3/c22-20(23,24)13-15-12-14(18(31)32)6-7-17(15)28-8-10-29(11-9-28)19(33)30(21(25,26)27)16-4-2-1-3-5-16/h1-7,12H,8-11,13H2,(H,31,32). The van der Waals surface area contributed by atoms with Crippen LogP contribution in [0.2, 0.25) is 0 Å². The van der Waals surface area contributed by atoms with Gasteiger partial charge in [-0.05, 0) is 35.9 Å². The molecule has 0 spiro atoms. The van der Waals surface area contributed by atoms with Crippen molar-refractivity contribution in [2.75, 3.05) is 36.0 Å². The number of piperazine rings is 1. The molecule has 1 fully saturated rings. The Balaban J connectivity index is 1.79. The molecule has 2 amide bonds. The number of para-hydroxylation sites is 1. The normalized spacial score (nSPS) is 14.8. The molecule has 6 nitrogen and oxygen atoms in total. The number of benzene rings is 2. The maximum atomic E-state index is 13.6. The average Bonchev–Trinajstić information content (AvgIpc) is 2.72. The Labute approximate surface area is 184 Å². The highest BCUT2D eigenvalue weighted by molar-refractivity contribution is 5.93. The summed E-state index contributed by atoms with van der Waals surface area (Å²) in [6, 6.07) is 8.59. The molecule has 0 aliphatic carbocycles. The van der Waals surface area contributed by atoms with Crippen molar-refractivity contribution < 1.29 is 41.0 Å². The van der Waals surface area contributed by atoms with E-state index in [4.69, 9.17) is 5.11 Å². The average molecular weight is 475 g/mol. The van der Waals surface area contributed by atoms with E-state index in [9.17, 15) is 35.9 Å². The number of anilines is 2. The second-order valence-electron chi connectivity index (χ2n) is 7.34. The van der Waals surface area contributed by atoms with E-state index >= 15 is 0 Å². The molecule has 0 aromatic heterocycles. The first-order valence-corrected chi connectivity index (χ1v) is 9.75. The SMILES string of the molecule is O=C(O)c1ccc(N2CCN(C(=O)N(c3ccccc3)C(F)(F)F)CC2)c(CC(F)(F)F)c1. The minimum atomic E-state index is -4.97. The number of rotatable bonds is 4. The predicted octanol–water partition coefficient (Wildman–Crippen LogP) is 4.76. The van der Waals surface area contributed by atoms with E-state index in [1.807, 2.05) is 0 Å². The molecule has 1 aliphatic heterocycles. The fraction of sp³-hybridized carbons (Fsp3) is 0.333. The number of alkyl halides is 6. The summed E-state index contributed by atoms with van der Waals surface area (Å²) in [7, 11) is 0. The number of carbonyl (C=O) groups is 2. The van der Waals surface area contributed by atoms with Crippen LogP contribution in [0.15, 0.2) is 48.5 Å². The summed E-state index contributed by atoms with van der Waals surface area (Å²) in [4.78, 5) is 26.0. The second-order valence-corrected chi connectivity index (χ2v) is 7.34. The molecule has 0 atom stereocenters. The number of carboxylic acids is 1. The zero-order chi connectivity index (χ0) is 24.4. The van der Waals surface area contributed by atoms with Crippen LogP contribution in [-0.4, -0.2) is 60.7 Å². The molecule has 0 radical (unpaired) electrons. The monoisotopic (exact) mass is 475 g/mol. The molecule has 1 saturated heterocycles. The summed E-state index contributed by atoms with van der Waals surface area (Å²) >= 11 is 0. The molecule has 2 aromatic rings. The van der Waals surface area contributed by atoms with Crippen molar-refractivity contribution >= 4 is 23.4 Å². The summed E-state index contributed by atoms with van der Waals surface area (Å²) in [6.07, 6.45) is -10.9. The Bertz CT molecular complexity index is 1000. The summed E-state index contributed by atoms with van der Waals surface area (Å²) in [5.41, 5.74) is -0.798. The molecule has 1 N–H and O–H groups in total. The molecule has 2 aromatic carbocycles. The number of aromatic carboxylic acids is 1. The number of hydrogen-bond acceptors (Lipinski definition) is 3. The molecule has 33 heavy (non-hydrogen) atoms. The quantitative estimate of drug-likeness (QED) is 0.512. The van der Waals surface area contributed by atoms with Crippen molar-refractivity contribution in [2.24, 2.45) is 0 Å². The zero-order valence-electron chi connectivity index (χ0n) is 17.0. The minimum absolute atomic E-state index is 0.0243. The maximum absolute atomic E-state index is 13.6. The topological polar surface area (TPSA) is 64.1 Å². The largest absolute Gasteiger partial charge is 0.493 e. The van der Waals surface area contributed by atoms with E-state index in [-0.39, 0.29) is 53.6 Å². The molecule has 0 unspecified atom stereocenters.